The highest BCUT2D eigenvalue weighted by molar-refractivity contribution is 6.30. The quantitative estimate of drug-likeness (QED) is 0.667. The number of aromatic nitrogens is 3. The fraction of sp³-hybridized carbons (Fsp3) is 0.250. The van der Waals surface area contributed by atoms with Gasteiger partial charge in [0.1, 0.15) is 0 Å². The molecule has 3 aromatic rings. The van der Waals surface area contributed by atoms with Gasteiger partial charge in [0.05, 0.1) is 6.54 Å². The molecule has 0 aliphatic heterocycles. The molecule has 7 nitrogen and oxygen atoms in total. The minimum absolute atomic E-state index is 0.138. The normalized spacial score (nSPS) is 13.3. The van der Waals surface area contributed by atoms with Crippen LogP contribution < -0.4 is 16.3 Å². The lowest BCUT2D eigenvalue weighted by Crippen LogP contribution is -2.34. The molecule has 0 atom stereocenters. The van der Waals surface area contributed by atoms with Crippen molar-refractivity contribution in [2.75, 3.05) is 11.9 Å². The highest BCUT2D eigenvalue weighted by Gasteiger charge is 2.30. The smallest absolute Gasteiger partial charge is 0.336 e. The van der Waals surface area contributed by atoms with Gasteiger partial charge < -0.3 is 10.6 Å². The summed E-state index contributed by atoms with van der Waals surface area (Å²) >= 11 is 5.83. The van der Waals surface area contributed by atoms with Crippen molar-refractivity contribution in [1.29, 1.82) is 0 Å². The number of nitrogens with one attached hydrogen (secondary N) is 2. The van der Waals surface area contributed by atoms with Gasteiger partial charge in [-0.2, -0.15) is 0 Å². The van der Waals surface area contributed by atoms with E-state index in [1.54, 1.807) is 28.8 Å². The molecule has 28 heavy (non-hydrogen) atoms. The molecule has 1 heterocycles. The first-order chi connectivity index (χ1) is 13.6. The van der Waals surface area contributed by atoms with Gasteiger partial charge in [-0.15, -0.1) is 5.10 Å². The second-order valence-electron chi connectivity index (χ2n) is 6.68. The van der Waals surface area contributed by atoms with E-state index in [2.05, 4.69) is 15.7 Å². The Kier molecular flexibility index (Phi) is 5.16. The maximum atomic E-state index is 12.8. The third-order valence-electron chi connectivity index (χ3n) is 4.53. The highest BCUT2D eigenvalue weighted by atomic mass is 35.5. The second-order valence-corrected chi connectivity index (χ2v) is 7.12. The molecule has 8 heteroatoms. The van der Waals surface area contributed by atoms with E-state index in [0.717, 1.165) is 18.4 Å². The van der Waals surface area contributed by atoms with Crippen LogP contribution in [0.5, 0.6) is 0 Å². The van der Waals surface area contributed by atoms with Gasteiger partial charge in [-0.1, -0.05) is 41.9 Å². The summed E-state index contributed by atoms with van der Waals surface area (Å²) in [6.07, 6.45) is 1.99. The van der Waals surface area contributed by atoms with Crippen molar-refractivity contribution in [2.24, 2.45) is 0 Å². The van der Waals surface area contributed by atoms with Crippen LogP contribution in [-0.4, -0.2) is 26.9 Å². The molecule has 0 saturated heterocycles. The van der Waals surface area contributed by atoms with Crippen LogP contribution in [0.2, 0.25) is 5.02 Å². The van der Waals surface area contributed by atoms with Crippen molar-refractivity contribution in [3.63, 3.8) is 0 Å². The molecule has 0 unspecified atom stereocenters. The van der Waals surface area contributed by atoms with Crippen LogP contribution in [0.25, 0.3) is 11.4 Å². The summed E-state index contributed by atoms with van der Waals surface area (Å²) in [5, 5.41) is 10.6. The number of carbonyl (C=O) groups excluding carboxylic acids is 1. The summed E-state index contributed by atoms with van der Waals surface area (Å²) in [5.41, 5.74) is 1.42. The largest absolute Gasteiger partial charge is 0.346 e. The molecule has 0 bridgehead atoms. The first kappa shape index (κ1) is 18.3. The molecular weight excluding hydrogens is 378 g/mol. The Morgan fingerprint density at radius 3 is 2.50 bits per heavy atom. The number of benzene rings is 2. The van der Waals surface area contributed by atoms with Crippen LogP contribution in [0.4, 0.5) is 10.5 Å². The molecule has 0 spiro atoms. The fourth-order valence-electron chi connectivity index (χ4n) is 3.00. The van der Waals surface area contributed by atoms with Gasteiger partial charge in [0.2, 0.25) is 0 Å². The Labute approximate surface area is 166 Å². The first-order valence-electron chi connectivity index (χ1n) is 9.17. The van der Waals surface area contributed by atoms with Gasteiger partial charge in [-0.3, -0.25) is 4.57 Å². The van der Waals surface area contributed by atoms with E-state index in [-0.39, 0.29) is 24.3 Å². The summed E-state index contributed by atoms with van der Waals surface area (Å²) in [6.45, 7) is 0.585. The molecule has 1 aromatic heterocycles. The van der Waals surface area contributed by atoms with E-state index in [9.17, 15) is 9.59 Å². The van der Waals surface area contributed by atoms with E-state index in [1.165, 1.54) is 4.68 Å². The zero-order chi connectivity index (χ0) is 19.5. The van der Waals surface area contributed by atoms with Crippen molar-refractivity contribution in [3.05, 3.63) is 70.1 Å². The molecule has 4 rings (SSSR count). The van der Waals surface area contributed by atoms with Gasteiger partial charge in [-0.05, 0) is 37.1 Å². The molecule has 1 fully saturated rings. The lowest BCUT2D eigenvalue weighted by molar-refractivity contribution is 0.251. The van der Waals surface area contributed by atoms with Gasteiger partial charge in [-0.25, -0.2) is 14.3 Å². The van der Waals surface area contributed by atoms with Crippen LogP contribution in [0.3, 0.4) is 0 Å². The Morgan fingerprint density at radius 2 is 1.82 bits per heavy atom. The van der Waals surface area contributed by atoms with Crippen molar-refractivity contribution in [1.82, 2.24) is 19.7 Å². The lowest BCUT2D eigenvalue weighted by atomic mass is 10.2. The number of urea groups is 1. The number of hydrogen-bond acceptors (Lipinski definition) is 3. The SMILES string of the molecule is O=C(NCCn1nc(-c2ccccc2)n(C2CC2)c1=O)Nc1ccc(Cl)cc1. The third kappa shape index (κ3) is 4.09. The number of halogens is 1. The number of nitrogens with zero attached hydrogens (tertiary/aromatic N) is 3. The highest BCUT2D eigenvalue weighted by Crippen LogP contribution is 2.36. The standard InChI is InChI=1S/C20H20ClN5O2/c21-15-6-8-16(9-7-15)23-19(27)22-12-13-25-20(28)26(17-10-11-17)18(24-25)14-4-2-1-3-5-14/h1-9,17H,10-13H2,(H2,22,23,27). The summed E-state index contributed by atoms with van der Waals surface area (Å²) in [5.74, 6) is 0.679. The second kappa shape index (κ2) is 7.90. The maximum absolute atomic E-state index is 12.8. The molecule has 1 saturated carbocycles. The van der Waals surface area contributed by atoms with Gasteiger partial charge >= 0.3 is 11.7 Å². The monoisotopic (exact) mass is 397 g/mol. The molecular formula is C20H20ClN5O2. The molecule has 2 amide bonds. The van der Waals surface area contributed by atoms with Crippen molar-refractivity contribution in [3.8, 4) is 11.4 Å². The first-order valence-corrected chi connectivity index (χ1v) is 9.55. The van der Waals surface area contributed by atoms with E-state index >= 15 is 0 Å². The van der Waals surface area contributed by atoms with Crippen LogP contribution >= 0.6 is 11.6 Å². The third-order valence-corrected chi connectivity index (χ3v) is 4.78. The van der Waals surface area contributed by atoms with Crippen LogP contribution in [0.1, 0.15) is 18.9 Å². The number of amides is 2. The Hall–Kier alpha value is -3.06. The summed E-state index contributed by atoms with van der Waals surface area (Å²) in [7, 11) is 0. The van der Waals surface area contributed by atoms with Crippen molar-refractivity contribution in [2.45, 2.75) is 25.4 Å². The minimum atomic E-state index is -0.347. The van der Waals surface area contributed by atoms with Crippen LogP contribution in [0, 0.1) is 0 Å². The maximum Gasteiger partial charge on any atom is 0.346 e. The van der Waals surface area contributed by atoms with E-state index in [4.69, 9.17) is 11.6 Å². The Balaban J connectivity index is 1.42. The average Bonchev–Trinajstić information content (AvgIpc) is 3.48. The predicted octanol–water partition coefficient (Wildman–Crippen LogP) is 3.52. The fourth-order valence-corrected chi connectivity index (χ4v) is 3.12. The Morgan fingerprint density at radius 1 is 1.11 bits per heavy atom. The molecule has 2 N–H and O–H groups in total. The van der Waals surface area contributed by atoms with E-state index in [1.807, 2.05) is 30.3 Å². The van der Waals surface area contributed by atoms with Gasteiger partial charge in [0.15, 0.2) is 5.82 Å². The average molecular weight is 398 g/mol. The molecule has 1 aliphatic carbocycles. The molecule has 144 valence electrons. The molecule has 2 aromatic carbocycles. The van der Waals surface area contributed by atoms with Crippen LogP contribution in [-0.2, 0) is 6.54 Å². The summed E-state index contributed by atoms with van der Waals surface area (Å²) in [6, 6.07) is 16.4. The summed E-state index contributed by atoms with van der Waals surface area (Å²) in [4.78, 5) is 24.8. The van der Waals surface area contributed by atoms with Gasteiger partial charge in [0.25, 0.3) is 0 Å². The Bertz CT molecular complexity index is 1020. The number of rotatable bonds is 6. The van der Waals surface area contributed by atoms with Crippen molar-refractivity contribution >= 4 is 23.3 Å². The summed E-state index contributed by atoms with van der Waals surface area (Å²) < 4.78 is 3.19. The van der Waals surface area contributed by atoms with E-state index < -0.39 is 0 Å². The minimum Gasteiger partial charge on any atom is -0.336 e. The number of anilines is 1. The zero-order valence-electron chi connectivity index (χ0n) is 15.1. The van der Waals surface area contributed by atoms with Crippen LogP contribution in [0.15, 0.2) is 59.4 Å². The lowest BCUT2D eigenvalue weighted by Gasteiger charge is -2.07. The number of hydrogen-bond donors (Lipinski definition) is 2. The topological polar surface area (TPSA) is 81.0 Å². The molecule has 0 radical (unpaired) electrons. The van der Waals surface area contributed by atoms with Gasteiger partial charge in [0, 0.05) is 28.9 Å². The van der Waals surface area contributed by atoms with E-state index in [0.29, 0.717) is 23.1 Å². The predicted molar refractivity (Wildman–Crippen MR) is 109 cm³/mol. The number of carbonyl (C=O) groups is 1. The molecule has 1 aliphatic rings. The van der Waals surface area contributed by atoms with Crippen molar-refractivity contribution < 1.29 is 4.79 Å². The zero-order valence-corrected chi connectivity index (χ0v) is 15.9.